The molecule has 0 rings (SSSR count). The molecular formula is C11H25NO4. The van der Waals surface area contributed by atoms with Gasteiger partial charge in [0.1, 0.15) is 0 Å². The predicted molar refractivity (Wildman–Crippen MR) is 62.7 cm³/mol. The molecule has 0 amide bonds. The predicted octanol–water partition coefficient (Wildman–Crippen LogP) is 0.0265. The van der Waals surface area contributed by atoms with Crippen molar-refractivity contribution in [2.45, 2.75) is 19.9 Å². The van der Waals surface area contributed by atoms with Gasteiger partial charge in [0.05, 0.1) is 46.2 Å². The van der Waals surface area contributed by atoms with Crippen LogP contribution in [0.25, 0.3) is 0 Å². The van der Waals surface area contributed by atoms with Crippen LogP contribution in [-0.2, 0) is 14.2 Å². The van der Waals surface area contributed by atoms with E-state index in [1.165, 1.54) is 0 Å². The van der Waals surface area contributed by atoms with E-state index < -0.39 is 0 Å². The van der Waals surface area contributed by atoms with Crippen molar-refractivity contribution >= 4 is 0 Å². The van der Waals surface area contributed by atoms with Gasteiger partial charge in [-0.25, -0.2) is 0 Å². The highest BCUT2D eigenvalue weighted by Gasteiger charge is 1.93. The molecule has 0 spiro atoms. The minimum Gasteiger partial charge on any atom is -0.394 e. The van der Waals surface area contributed by atoms with Crippen LogP contribution in [0, 0.1) is 0 Å². The fourth-order valence-corrected chi connectivity index (χ4v) is 1.03. The van der Waals surface area contributed by atoms with Gasteiger partial charge in [0.15, 0.2) is 0 Å². The molecule has 0 radical (unpaired) electrons. The van der Waals surface area contributed by atoms with Crippen LogP contribution in [-0.4, -0.2) is 63.9 Å². The maximum atomic E-state index is 8.44. The van der Waals surface area contributed by atoms with E-state index in [-0.39, 0.29) is 6.61 Å². The summed E-state index contributed by atoms with van der Waals surface area (Å²) in [6, 6.07) is 0.503. The van der Waals surface area contributed by atoms with Gasteiger partial charge in [0.2, 0.25) is 0 Å². The minimum absolute atomic E-state index is 0.0615. The molecule has 98 valence electrons. The largest absolute Gasteiger partial charge is 0.394 e. The molecule has 0 bridgehead atoms. The first-order chi connectivity index (χ1) is 7.77. The van der Waals surface area contributed by atoms with Crippen LogP contribution in [0.3, 0.4) is 0 Å². The summed E-state index contributed by atoms with van der Waals surface area (Å²) in [5.74, 6) is 0. The Morgan fingerprint density at radius 1 is 0.875 bits per heavy atom. The van der Waals surface area contributed by atoms with Crippen molar-refractivity contribution in [1.82, 2.24) is 5.32 Å². The quantitative estimate of drug-likeness (QED) is 0.467. The van der Waals surface area contributed by atoms with Gasteiger partial charge in [-0.3, -0.25) is 0 Å². The summed E-state index contributed by atoms with van der Waals surface area (Å²) >= 11 is 0. The summed E-state index contributed by atoms with van der Waals surface area (Å²) in [6.45, 7) is 8.50. The first kappa shape index (κ1) is 15.8. The molecule has 5 heteroatoms. The van der Waals surface area contributed by atoms with Crippen LogP contribution in [0.5, 0.6) is 0 Å². The lowest BCUT2D eigenvalue weighted by atomic mass is 10.4. The average molecular weight is 235 g/mol. The molecule has 0 aliphatic carbocycles. The molecule has 5 nitrogen and oxygen atoms in total. The molecule has 0 saturated carbocycles. The molecule has 0 atom stereocenters. The van der Waals surface area contributed by atoms with E-state index >= 15 is 0 Å². The van der Waals surface area contributed by atoms with Gasteiger partial charge >= 0.3 is 0 Å². The normalized spacial score (nSPS) is 11.2. The number of hydrogen-bond donors (Lipinski definition) is 2. The number of ether oxygens (including phenoxy) is 3. The summed E-state index contributed by atoms with van der Waals surface area (Å²) in [5.41, 5.74) is 0. The van der Waals surface area contributed by atoms with Crippen LogP contribution in [0.4, 0.5) is 0 Å². The second kappa shape index (κ2) is 12.9. The fraction of sp³-hybridized carbons (Fsp3) is 1.00. The molecule has 16 heavy (non-hydrogen) atoms. The van der Waals surface area contributed by atoms with E-state index in [4.69, 9.17) is 19.3 Å². The Labute approximate surface area is 98.1 Å². The van der Waals surface area contributed by atoms with Crippen molar-refractivity contribution in [3.05, 3.63) is 0 Å². The van der Waals surface area contributed by atoms with Crippen molar-refractivity contribution < 1.29 is 19.3 Å². The van der Waals surface area contributed by atoms with Crippen LogP contribution < -0.4 is 5.32 Å². The van der Waals surface area contributed by atoms with E-state index in [9.17, 15) is 0 Å². The first-order valence-electron chi connectivity index (χ1n) is 5.85. The van der Waals surface area contributed by atoms with Gasteiger partial charge < -0.3 is 24.6 Å². The molecule has 0 saturated heterocycles. The lowest BCUT2D eigenvalue weighted by molar-refractivity contribution is 0.00807. The monoisotopic (exact) mass is 235 g/mol. The van der Waals surface area contributed by atoms with Gasteiger partial charge in [0.25, 0.3) is 0 Å². The van der Waals surface area contributed by atoms with E-state index in [1.807, 2.05) is 0 Å². The molecule has 0 unspecified atom stereocenters. The summed E-state index contributed by atoms with van der Waals surface area (Å²) in [4.78, 5) is 0. The molecule has 0 aromatic heterocycles. The topological polar surface area (TPSA) is 60.0 Å². The Hall–Kier alpha value is -0.200. The van der Waals surface area contributed by atoms with Gasteiger partial charge in [-0.2, -0.15) is 0 Å². The highest BCUT2D eigenvalue weighted by molar-refractivity contribution is 4.50. The fourth-order valence-electron chi connectivity index (χ4n) is 1.03. The van der Waals surface area contributed by atoms with Crippen molar-refractivity contribution in [3.63, 3.8) is 0 Å². The average Bonchev–Trinajstić information content (AvgIpc) is 2.25. The molecule has 0 aliphatic heterocycles. The Morgan fingerprint density at radius 2 is 1.38 bits per heavy atom. The third-order valence-electron chi connectivity index (χ3n) is 1.78. The number of nitrogens with one attached hydrogen (secondary N) is 1. The van der Waals surface area contributed by atoms with Gasteiger partial charge in [-0.15, -0.1) is 0 Å². The summed E-state index contributed by atoms with van der Waals surface area (Å²) < 4.78 is 15.6. The SMILES string of the molecule is CC(C)NCCOCCOCCOCCO. The molecule has 0 heterocycles. The van der Waals surface area contributed by atoms with Crippen LogP contribution in [0.15, 0.2) is 0 Å². The zero-order chi connectivity index (χ0) is 12.1. The smallest absolute Gasteiger partial charge is 0.0701 e. The Bertz CT molecular complexity index is 133. The lowest BCUT2D eigenvalue weighted by Crippen LogP contribution is -2.27. The molecule has 0 aromatic carbocycles. The lowest BCUT2D eigenvalue weighted by Gasteiger charge is -2.09. The van der Waals surface area contributed by atoms with Crippen molar-refractivity contribution in [2.75, 3.05) is 52.8 Å². The summed E-state index contributed by atoms with van der Waals surface area (Å²) in [5, 5.41) is 11.7. The van der Waals surface area contributed by atoms with E-state index in [0.717, 1.165) is 6.54 Å². The Morgan fingerprint density at radius 3 is 1.88 bits per heavy atom. The molecule has 2 N–H and O–H groups in total. The van der Waals surface area contributed by atoms with Crippen molar-refractivity contribution in [2.24, 2.45) is 0 Å². The standard InChI is InChI=1S/C11H25NO4/c1-11(2)12-3-5-14-7-9-16-10-8-15-6-4-13/h11-13H,3-10H2,1-2H3. The van der Waals surface area contributed by atoms with Crippen LogP contribution >= 0.6 is 0 Å². The zero-order valence-corrected chi connectivity index (χ0v) is 10.4. The minimum atomic E-state index is 0.0615. The number of aliphatic hydroxyl groups is 1. The van der Waals surface area contributed by atoms with E-state index in [2.05, 4.69) is 19.2 Å². The third kappa shape index (κ3) is 13.8. The summed E-state index contributed by atoms with van der Waals surface area (Å²) in [7, 11) is 0. The Kier molecular flexibility index (Phi) is 12.7. The maximum Gasteiger partial charge on any atom is 0.0701 e. The third-order valence-corrected chi connectivity index (χ3v) is 1.78. The van der Waals surface area contributed by atoms with Gasteiger partial charge in [-0.1, -0.05) is 13.8 Å². The highest BCUT2D eigenvalue weighted by Crippen LogP contribution is 1.81. The number of hydrogen-bond acceptors (Lipinski definition) is 5. The second-order valence-corrected chi connectivity index (χ2v) is 3.67. The molecular weight excluding hydrogens is 210 g/mol. The van der Waals surface area contributed by atoms with Gasteiger partial charge in [-0.05, 0) is 0 Å². The van der Waals surface area contributed by atoms with E-state index in [0.29, 0.717) is 45.7 Å². The molecule has 0 fully saturated rings. The maximum absolute atomic E-state index is 8.44. The Balaban J connectivity index is 2.88. The first-order valence-corrected chi connectivity index (χ1v) is 5.85. The van der Waals surface area contributed by atoms with E-state index in [1.54, 1.807) is 0 Å². The number of rotatable bonds is 12. The van der Waals surface area contributed by atoms with Crippen LogP contribution in [0.1, 0.15) is 13.8 Å². The van der Waals surface area contributed by atoms with Gasteiger partial charge in [0, 0.05) is 12.6 Å². The molecule has 0 aliphatic rings. The van der Waals surface area contributed by atoms with Crippen molar-refractivity contribution in [1.29, 1.82) is 0 Å². The summed E-state index contributed by atoms with van der Waals surface area (Å²) in [6.07, 6.45) is 0. The molecule has 0 aromatic rings. The highest BCUT2D eigenvalue weighted by atomic mass is 16.5. The second-order valence-electron chi connectivity index (χ2n) is 3.67. The van der Waals surface area contributed by atoms with Crippen LogP contribution in [0.2, 0.25) is 0 Å². The van der Waals surface area contributed by atoms with Crippen molar-refractivity contribution in [3.8, 4) is 0 Å². The number of aliphatic hydroxyl groups excluding tert-OH is 1. The zero-order valence-electron chi connectivity index (χ0n) is 10.4.